The van der Waals surface area contributed by atoms with E-state index in [0.717, 1.165) is 50.2 Å². The molecular formula is C22H25Cl2N3O. The summed E-state index contributed by atoms with van der Waals surface area (Å²) in [6.07, 6.45) is 8.07. The Bertz CT molecular complexity index is 818. The highest BCUT2D eigenvalue weighted by Gasteiger charge is 2.24. The maximum absolute atomic E-state index is 12.5. The fourth-order valence-electron chi connectivity index (χ4n) is 3.45. The Morgan fingerprint density at radius 3 is 2.75 bits per heavy atom. The number of amides is 1. The lowest BCUT2D eigenvalue weighted by molar-refractivity contribution is -0.127. The summed E-state index contributed by atoms with van der Waals surface area (Å²) in [6.45, 7) is 3.01. The lowest BCUT2D eigenvalue weighted by Crippen LogP contribution is -2.45. The lowest BCUT2D eigenvalue weighted by atomic mass is 10.0. The Morgan fingerprint density at radius 2 is 2.04 bits per heavy atom. The molecular weight excluding hydrogens is 393 g/mol. The summed E-state index contributed by atoms with van der Waals surface area (Å²) in [5.74, 6) is -0.0111. The zero-order chi connectivity index (χ0) is 19.9. The quantitative estimate of drug-likeness (QED) is 0.645. The summed E-state index contributed by atoms with van der Waals surface area (Å²) in [5.41, 5.74) is 1.88. The summed E-state index contributed by atoms with van der Waals surface area (Å²) in [6, 6.07) is 11.5. The molecule has 1 fully saturated rings. The minimum absolute atomic E-state index is 0.0111. The van der Waals surface area contributed by atoms with Gasteiger partial charge in [0.2, 0.25) is 5.91 Å². The van der Waals surface area contributed by atoms with Crippen molar-refractivity contribution in [1.29, 1.82) is 0 Å². The van der Waals surface area contributed by atoms with Crippen molar-refractivity contribution in [3.05, 3.63) is 70.0 Å². The average molecular weight is 418 g/mol. The van der Waals surface area contributed by atoms with E-state index in [4.69, 9.17) is 23.2 Å². The topological polar surface area (TPSA) is 36.4 Å². The molecule has 0 atom stereocenters. The van der Waals surface area contributed by atoms with E-state index in [1.165, 1.54) is 0 Å². The SMILES string of the molecule is CN(C(=O)/C=C/c1cc(Cl)ccc1Cl)C1CCN(CCc2ccccn2)CC1. The zero-order valence-corrected chi connectivity index (χ0v) is 17.5. The highest BCUT2D eigenvalue weighted by atomic mass is 35.5. The molecule has 1 saturated heterocycles. The number of likely N-dealkylation sites (tertiary alicyclic amines) is 1. The van der Waals surface area contributed by atoms with Crippen LogP contribution in [0.2, 0.25) is 10.0 Å². The minimum atomic E-state index is -0.0111. The number of halogens is 2. The van der Waals surface area contributed by atoms with E-state index in [0.29, 0.717) is 10.0 Å². The Labute approximate surface area is 176 Å². The largest absolute Gasteiger partial charge is 0.339 e. The van der Waals surface area contributed by atoms with Crippen LogP contribution in [0.1, 0.15) is 24.1 Å². The molecule has 0 N–H and O–H groups in total. The smallest absolute Gasteiger partial charge is 0.246 e. The molecule has 1 aromatic carbocycles. The number of hydrogen-bond donors (Lipinski definition) is 0. The van der Waals surface area contributed by atoms with Gasteiger partial charge in [-0.3, -0.25) is 9.78 Å². The van der Waals surface area contributed by atoms with Crippen LogP contribution in [0.25, 0.3) is 6.08 Å². The van der Waals surface area contributed by atoms with Crippen LogP contribution in [-0.4, -0.2) is 53.4 Å². The second-order valence-corrected chi connectivity index (χ2v) is 7.94. The van der Waals surface area contributed by atoms with Crippen molar-refractivity contribution in [2.45, 2.75) is 25.3 Å². The van der Waals surface area contributed by atoms with Crippen molar-refractivity contribution in [2.75, 3.05) is 26.7 Å². The third kappa shape index (κ3) is 5.81. The molecule has 4 nitrogen and oxygen atoms in total. The third-order valence-electron chi connectivity index (χ3n) is 5.23. The van der Waals surface area contributed by atoms with Gasteiger partial charge in [0, 0.05) is 67.2 Å². The van der Waals surface area contributed by atoms with E-state index < -0.39 is 0 Å². The van der Waals surface area contributed by atoms with Crippen LogP contribution in [-0.2, 0) is 11.2 Å². The number of benzene rings is 1. The first-order valence-electron chi connectivity index (χ1n) is 9.55. The highest BCUT2D eigenvalue weighted by molar-refractivity contribution is 6.34. The molecule has 2 aromatic rings. The van der Waals surface area contributed by atoms with Crippen molar-refractivity contribution in [3.63, 3.8) is 0 Å². The van der Waals surface area contributed by atoms with E-state index in [2.05, 4.69) is 16.0 Å². The normalized spacial score (nSPS) is 15.8. The molecule has 1 aliphatic heterocycles. The predicted octanol–water partition coefficient (Wildman–Crippen LogP) is 4.57. The standard InChI is InChI=1S/C22H25Cl2N3O/c1-26(22(28)8-5-17-16-18(23)6-7-21(17)24)20-10-14-27(15-11-20)13-9-19-4-2-3-12-25-19/h2-8,12,16,20H,9-11,13-15H2,1H3/b8-5+. The van der Waals surface area contributed by atoms with Gasteiger partial charge in [-0.05, 0) is 54.8 Å². The van der Waals surface area contributed by atoms with Gasteiger partial charge in [-0.15, -0.1) is 0 Å². The monoisotopic (exact) mass is 417 g/mol. The molecule has 0 bridgehead atoms. The average Bonchev–Trinajstić information content (AvgIpc) is 2.73. The fraction of sp³-hybridized carbons (Fsp3) is 0.364. The van der Waals surface area contributed by atoms with E-state index in [9.17, 15) is 4.79 Å². The Kier molecular flexibility index (Phi) is 7.49. The molecule has 1 amide bonds. The summed E-state index contributed by atoms with van der Waals surface area (Å²) in [7, 11) is 1.88. The second-order valence-electron chi connectivity index (χ2n) is 7.09. The third-order valence-corrected chi connectivity index (χ3v) is 5.81. The number of aromatic nitrogens is 1. The number of nitrogens with zero attached hydrogens (tertiary/aromatic N) is 3. The number of carbonyl (C=O) groups excluding carboxylic acids is 1. The van der Waals surface area contributed by atoms with Crippen molar-refractivity contribution >= 4 is 35.2 Å². The van der Waals surface area contributed by atoms with Gasteiger partial charge in [-0.2, -0.15) is 0 Å². The lowest BCUT2D eigenvalue weighted by Gasteiger charge is -2.36. The van der Waals surface area contributed by atoms with Gasteiger partial charge >= 0.3 is 0 Å². The van der Waals surface area contributed by atoms with Gasteiger partial charge in [0.25, 0.3) is 0 Å². The first-order valence-corrected chi connectivity index (χ1v) is 10.3. The van der Waals surface area contributed by atoms with Crippen molar-refractivity contribution in [2.24, 2.45) is 0 Å². The molecule has 1 aliphatic rings. The number of hydrogen-bond acceptors (Lipinski definition) is 3. The molecule has 0 saturated carbocycles. The van der Waals surface area contributed by atoms with Crippen molar-refractivity contribution in [3.8, 4) is 0 Å². The molecule has 0 radical (unpaired) electrons. The molecule has 3 rings (SSSR count). The molecule has 28 heavy (non-hydrogen) atoms. The van der Waals surface area contributed by atoms with Gasteiger partial charge in [0.15, 0.2) is 0 Å². The van der Waals surface area contributed by atoms with Gasteiger partial charge in [-0.1, -0.05) is 29.3 Å². The zero-order valence-electron chi connectivity index (χ0n) is 16.0. The molecule has 0 aliphatic carbocycles. The Balaban J connectivity index is 1.47. The van der Waals surface area contributed by atoms with Crippen LogP contribution in [0.5, 0.6) is 0 Å². The Morgan fingerprint density at radius 1 is 1.25 bits per heavy atom. The van der Waals surface area contributed by atoms with Gasteiger partial charge in [-0.25, -0.2) is 0 Å². The predicted molar refractivity (Wildman–Crippen MR) is 116 cm³/mol. The maximum atomic E-state index is 12.5. The van der Waals surface area contributed by atoms with Gasteiger partial charge < -0.3 is 9.80 Å². The van der Waals surface area contributed by atoms with E-state index >= 15 is 0 Å². The number of pyridine rings is 1. The van der Waals surface area contributed by atoms with Gasteiger partial charge in [0.05, 0.1) is 0 Å². The number of rotatable bonds is 6. The summed E-state index contributed by atoms with van der Waals surface area (Å²) in [4.78, 5) is 21.2. The Hall–Kier alpha value is -1.88. The van der Waals surface area contributed by atoms with E-state index in [1.54, 1.807) is 30.4 Å². The van der Waals surface area contributed by atoms with Crippen LogP contribution in [0.15, 0.2) is 48.7 Å². The minimum Gasteiger partial charge on any atom is -0.339 e. The number of piperidine rings is 1. The fourth-order valence-corrected chi connectivity index (χ4v) is 3.81. The summed E-state index contributed by atoms with van der Waals surface area (Å²) in [5, 5.41) is 1.18. The first-order chi connectivity index (χ1) is 13.5. The van der Waals surface area contributed by atoms with Crippen LogP contribution >= 0.6 is 23.2 Å². The second kappa shape index (κ2) is 10.1. The first kappa shape index (κ1) is 20.8. The number of likely N-dealkylation sites (N-methyl/N-ethyl adjacent to an activating group) is 1. The van der Waals surface area contributed by atoms with Crippen LogP contribution in [0, 0.1) is 0 Å². The molecule has 2 heterocycles. The molecule has 0 unspecified atom stereocenters. The van der Waals surface area contributed by atoms with E-state index in [-0.39, 0.29) is 11.9 Å². The van der Waals surface area contributed by atoms with E-state index in [1.807, 2.05) is 30.3 Å². The van der Waals surface area contributed by atoms with Crippen LogP contribution in [0.3, 0.4) is 0 Å². The molecule has 0 spiro atoms. The number of carbonyl (C=O) groups is 1. The highest BCUT2D eigenvalue weighted by Crippen LogP contribution is 2.22. The van der Waals surface area contributed by atoms with Crippen molar-refractivity contribution < 1.29 is 4.79 Å². The van der Waals surface area contributed by atoms with Crippen LogP contribution in [0.4, 0.5) is 0 Å². The van der Waals surface area contributed by atoms with Crippen molar-refractivity contribution in [1.82, 2.24) is 14.8 Å². The van der Waals surface area contributed by atoms with Crippen LogP contribution < -0.4 is 0 Å². The molecule has 1 aromatic heterocycles. The maximum Gasteiger partial charge on any atom is 0.246 e. The molecule has 6 heteroatoms. The summed E-state index contributed by atoms with van der Waals surface area (Å²) < 4.78 is 0. The van der Waals surface area contributed by atoms with Gasteiger partial charge in [0.1, 0.15) is 0 Å². The molecule has 148 valence electrons. The summed E-state index contributed by atoms with van der Waals surface area (Å²) >= 11 is 12.2.